The molecule has 1 aromatic rings. The van der Waals surface area contributed by atoms with Crippen LogP contribution in [-0.4, -0.2) is 39.1 Å². The molecule has 1 heterocycles. The SMILES string of the molecule is O=C(CCS(=O)(=O)c1cc2c(cc1Cl)NC(=O)CO2)NCCC1=CCCCC1. The number of carbonyl (C=O) groups excluding carboxylic acids is 2. The van der Waals surface area contributed by atoms with Crippen molar-refractivity contribution < 1.29 is 22.7 Å². The van der Waals surface area contributed by atoms with Gasteiger partial charge >= 0.3 is 0 Å². The summed E-state index contributed by atoms with van der Waals surface area (Å²) >= 11 is 6.09. The summed E-state index contributed by atoms with van der Waals surface area (Å²) in [6, 6.07) is 2.64. The zero-order chi connectivity index (χ0) is 20.1. The largest absolute Gasteiger partial charge is 0.482 e. The first-order valence-electron chi connectivity index (χ1n) is 9.29. The fraction of sp³-hybridized carbons (Fsp3) is 0.474. The highest BCUT2D eigenvalue weighted by Gasteiger charge is 2.25. The van der Waals surface area contributed by atoms with Crippen LogP contribution in [0.3, 0.4) is 0 Å². The maximum absolute atomic E-state index is 12.6. The Hall–Kier alpha value is -2.06. The Kier molecular flexibility index (Phi) is 6.61. The molecule has 3 rings (SSSR count). The lowest BCUT2D eigenvalue weighted by Crippen LogP contribution is -2.27. The molecule has 7 nitrogen and oxygen atoms in total. The molecular formula is C19H23ClN2O5S. The summed E-state index contributed by atoms with van der Waals surface area (Å²) in [4.78, 5) is 23.2. The molecule has 0 bridgehead atoms. The summed E-state index contributed by atoms with van der Waals surface area (Å²) in [5, 5.41) is 5.32. The number of fused-ring (bicyclic) bond motifs is 1. The molecule has 1 aliphatic carbocycles. The van der Waals surface area contributed by atoms with Gasteiger partial charge in [0.15, 0.2) is 16.4 Å². The first-order chi connectivity index (χ1) is 13.3. The van der Waals surface area contributed by atoms with Crippen molar-refractivity contribution in [3.05, 3.63) is 28.8 Å². The van der Waals surface area contributed by atoms with E-state index in [-0.39, 0.29) is 46.3 Å². The van der Waals surface area contributed by atoms with Gasteiger partial charge in [-0.2, -0.15) is 0 Å². The first-order valence-corrected chi connectivity index (χ1v) is 11.3. The van der Waals surface area contributed by atoms with E-state index in [0.29, 0.717) is 12.2 Å². The molecule has 28 heavy (non-hydrogen) atoms. The molecule has 1 aliphatic heterocycles. The Balaban J connectivity index is 1.55. The Labute approximate surface area is 169 Å². The van der Waals surface area contributed by atoms with Crippen LogP contribution in [0.15, 0.2) is 28.7 Å². The van der Waals surface area contributed by atoms with E-state index in [2.05, 4.69) is 16.7 Å². The number of nitrogens with one attached hydrogen (secondary N) is 2. The van der Waals surface area contributed by atoms with Crippen LogP contribution in [0, 0.1) is 0 Å². The number of sulfone groups is 1. The van der Waals surface area contributed by atoms with Crippen LogP contribution >= 0.6 is 11.6 Å². The second kappa shape index (κ2) is 8.96. The average Bonchev–Trinajstić information content (AvgIpc) is 2.66. The lowest BCUT2D eigenvalue weighted by atomic mass is 9.97. The molecule has 0 radical (unpaired) electrons. The van der Waals surface area contributed by atoms with Crippen molar-refractivity contribution in [2.75, 3.05) is 24.2 Å². The third kappa shape index (κ3) is 5.26. The fourth-order valence-electron chi connectivity index (χ4n) is 3.24. The molecule has 0 saturated carbocycles. The maximum atomic E-state index is 12.6. The van der Waals surface area contributed by atoms with Gasteiger partial charge in [-0.1, -0.05) is 23.3 Å². The van der Waals surface area contributed by atoms with Crippen molar-refractivity contribution in [3.63, 3.8) is 0 Å². The summed E-state index contributed by atoms with van der Waals surface area (Å²) in [6.07, 6.45) is 7.46. The minimum Gasteiger partial charge on any atom is -0.482 e. The van der Waals surface area contributed by atoms with Gasteiger partial charge in [0.05, 0.1) is 21.4 Å². The van der Waals surface area contributed by atoms with Gasteiger partial charge < -0.3 is 15.4 Å². The number of ether oxygens (including phenoxy) is 1. The summed E-state index contributed by atoms with van der Waals surface area (Å²) in [6.45, 7) is 0.324. The molecule has 9 heteroatoms. The molecule has 2 N–H and O–H groups in total. The number of carbonyl (C=O) groups is 2. The summed E-state index contributed by atoms with van der Waals surface area (Å²) < 4.78 is 30.5. The third-order valence-corrected chi connectivity index (χ3v) is 6.93. The normalized spacial score (nSPS) is 16.5. The molecule has 0 unspecified atom stereocenters. The van der Waals surface area contributed by atoms with Crippen LogP contribution in [-0.2, 0) is 19.4 Å². The van der Waals surface area contributed by atoms with Gasteiger partial charge in [0.25, 0.3) is 5.91 Å². The number of anilines is 1. The highest BCUT2D eigenvalue weighted by atomic mass is 35.5. The number of benzene rings is 1. The number of halogens is 1. The van der Waals surface area contributed by atoms with Crippen molar-refractivity contribution in [1.82, 2.24) is 5.32 Å². The van der Waals surface area contributed by atoms with Crippen molar-refractivity contribution >= 4 is 38.9 Å². The zero-order valence-corrected chi connectivity index (χ0v) is 17.0. The Morgan fingerprint density at radius 3 is 2.86 bits per heavy atom. The summed E-state index contributed by atoms with van der Waals surface area (Å²) in [5.41, 5.74) is 1.68. The average molecular weight is 427 g/mol. The van der Waals surface area contributed by atoms with Crippen LogP contribution < -0.4 is 15.4 Å². The Bertz CT molecular complexity index is 911. The van der Waals surface area contributed by atoms with E-state index >= 15 is 0 Å². The molecule has 0 aromatic heterocycles. The van der Waals surface area contributed by atoms with Crippen LogP contribution in [0.1, 0.15) is 38.5 Å². The molecule has 152 valence electrons. The Morgan fingerprint density at radius 2 is 2.11 bits per heavy atom. The van der Waals surface area contributed by atoms with Crippen molar-refractivity contribution in [1.29, 1.82) is 0 Å². The minimum absolute atomic E-state index is 0.0193. The highest BCUT2D eigenvalue weighted by Crippen LogP contribution is 2.36. The second-order valence-electron chi connectivity index (χ2n) is 6.89. The van der Waals surface area contributed by atoms with E-state index in [1.165, 1.54) is 30.5 Å². The smallest absolute Gasteiger partial charge is 0.262 e. The number of hydrogen-bond acceptors (Lipinski definition) is 5. The monoisotopic (exact) mass is 426 g/mol. The predicted molar refractivity (Wildman–Crippen MR) is 106 cm³/mol. The van der Waals surface area contributed by atoms with Gasteiger partial charge in [-0.3, -0.25) is 9.59 Å². The molecule has 2 amide bonds. The van der Waals surface area contributed by atoms with Crippen molar-refractivity contribution in [2.45, 2.75) is 43.4 Å². The lowest BCUT2D eigenvalue weighted by molar-refractivity contribution is -0.120. The quantitative estimate of drug-likeness (QED) is 0.653. The molecule has 2 aliphatic rings. The summed E-state index contributed by atoms with van der Waals surface area (Å²) in [7, 11) is -3.78. The number of allylic oxidation sites excluding steroid dienone is 1. The number of rotatable bonds is 7. The van der Waals surface area contributed by atoms with Gasteiger partial charge in [0.1, 0.15) is 5.75 Å². The predicted octanol–water partition coefficient (Wildman–Crippen LogP) is 2.84. The molecule has 0 saturated heterocycles. The van der Waals surface area contributed by atoms with Crippen LogP contribution in [0.5, 0.6) is 5.75 Å². The number of hydrogen-bond donors (Lipinski definition) is 2. The van der Waals surface area contributed by atoms with E-state index < -0.39 is 9.84 Å². The van der Waals surface area contributed by atoms with Gasteiger partial charge in [-0.25, -0.2) is 8.42 Å². The molecular weight excluding hydrogens is 404 g/mol. The standard InChI is InChI=1S/C19H23ClN2O5S/c20-14-10-15-16(27-12-19(24)22-15)11-17(14)28(25,26)9-7-18(23)21-8-6-13-4-2-1-3-5-13/h4,10-11H,1-3,5-9,12H2,(H,21,23)(H,22,24). The fourth-order valence-corrected chi connectivity index (χ4v) is 5.07. The van der Waals surface area contributed by atoms with Crippen molar-refractivity contribution in [3.8, 4) is 5.75 Å². The van der Waals surface area contributed by atoms with Crippen LogP contribution in [0.4, 0.5) is 5.69 Å². The third-order valence-electron chi connectivity index (χ3n) is 4.75. The zero-order valence-electron chi connectivity index (χ0n) is 15.4. The van der Waals surface area contributed by atoms with Gasteiger partial charge in [0.2, 0.25) is 5.91 Å². The minimum atomic E-state index is -3.78. The van der Waals surface area contributed by atoms with Crippen LogP contribution in [0.25, 0.3) is 0 Å². The van der Waals surface area contributed by atoms with Gasteiger partial charge in [-0.05, 0) is 38.2 Å². The van der Waals surface area contributed by atoms with Crippen LogP contribution in [0.2, 0.25) is 5.02 Å². The van der Waals surface area contributed by atoms with Crippen molar-refractivity contribution in [2.24, 2.45) is 0 Å². The Morgan fingerprint density at radius 1 is 1.29 bits per heavy atom. The molecule has 0 spiro atoms. The first kappa shape index (κ1) is 20.7. The number of amides is 2. The van der Waals surface area contributed by atoms with E-state index in [1.807, 2.05) is 0 Å². The second-order valence-corrected chi connectivity index (χ2v) is 9.38. The molecule has 0 atom stereocenters. The van der Waals surface area contributed by atoms with Gasteiger partial charge in [-0.15, -0.1) is 0 Å². The van der Waals surface area contributed by atoms with E-state index in [9.17, 15) is 18.0 Å². The van der Waals surface area contributed by atoms with E-state index in [1.54, 1.807) is 0 Å². The maximum Gasteiger partial charge on any atom is 0.262 e. The van der Waals surface area contributed by atoms with Gasteiger partial charge in [0, 0.05) is 19.0 Å². The molecule has 0 fully saturated rings. The lowest BCUT2D eigenvalue weighted by Gasteiger charge is -2.19. The summed E-state index contributed by atoms with van der Waals surface area (Å²) in [5.74, 6) is -0.753. The van der Waals surface area contributed by atoms with E-state index in [0.717, 1.165) is 19.3 Å². The highest BCUT2D eigenvalue weighted by molar-refractivity contribution is 7.91. The molecule has 1 aromatic carbocycles. The van der Waals surface area contributed by atoms with E-state index in [4.69, 9.17) is 16.3 Å². The topological polar surface area (TPSA) is 102 Å².